The van der Waals surface area contributed by atoms with E-state index in [4.69, 9.17) is 26.1 Å². The number of carbonyl (C=O) groups excluding carboxylic acids is 1. The molecule has 2 aromatic carbocycles. The second-order valence-corrected chi connectivity index (χ2v) is 8.61. The average Bonchev–Trinajstić information content (AvgIpc) is 3.21. The average molecular weight is 522 g/mol. The van der Waals surface area contributed by atoms with Crippen LogP contribution in [0.2, 0.25) is 0 Å². The van der Waals surface area contributed by atoms with Gasteiger partial charge in [-0.05, 0) is 32.3 Å². The van der Waals surface area contributed by atoms with Gasteiger partial charge in [-0.25, -0.2) is 9.97 Å². The van der Waals surface area contributed by atoms with Gasteiger partial charge in [0, 0.05) is 42.9 Å². The maximum atomic E-state index is 12.3. The summed E-state index contributed by atoms with van der Waals surface area (Å²) in [5.41, 5.74) is 4.59. The summed E-state index contributed by atoms with van der Waals surface area (Å²) >= 11 is 5.58. The fraction of sp³-hybridized carbons (Fsp3) is 0.231. The number of benzene rings is 2. The van der Waals surface area contributed by atoms with E-state index < -0.39 is 5.91 Å². The van der Waals surface area contributed by atoms with E-state index in [2.05, 4.69) is 20.7 Å². The molecule has 0 saturated heterocycles. The minimum Gasteiger partial charge on any atom is -0.494 e. The number of aryl methyl sites for hydroxylation is 1. The summed E-state index contributed by atoms with van der Waals surface area (Å²) in [6.45, 7) is 1.11. The number of ether oxygens (including phenoxy) is 2. The molecule has 0 spiro atoms. The molecule has 0 aliphatic carbocycles. The van der Waals surface area contributed by atoms with Crippen LogP contribution in [0.1, 0.15) is 0 Å². The van der Waals surface area contributed by atoms with Crippen LogP contribution in [0.5, 0.6) is 11.5 Å². The van der Waals surface area contributed by atoms with E-state index >= 15 is 0 Å². The van der Waals surface area contributed by atoms with Crippen molar-refractivity contribution in [2.24, 2.45) is 7.05 Å². The molecule has 11 heteroatoms. The highest BCUT2D eigenvalue weighted by Crippen LogP contribution is 2.38. The predicted molar refractivity (Wildman–Crippen MR) is 146 cm³/mol. The summed E-state index contributed by atoms with van der Waals surface area (Å²) in [6.07, 6.45) is 2.89. The SMILES string of the molecule is COc1cc(OCCN(C)C)c(NC(=O)/C=C/Cl)cc1Nc1nccc(-c2c3ccccc3nn2C)n1. The molecule has 4 aromatic rings. The van der Waals surface area contributed by atoms with Crippen molar-refractivity contribution in [1.82, 2.24) is 24.6 Å². The molecule has 0 unspecified atom stereocenters. The van der Waals surface area contributed by atoms with E-state index in [9.17, 15) is 4.79 Å². The Morgan fingerprint density at radius 2 is 1.97 bits per heavy atom. The second-order valence-electron chi connectivity index (χ2n) is 8.36. The van der Waals surface area contributed by atoms with E-state index in [-0.39, 0.29) is 0 Å². The lowest BCUT2D eigenvalue weighted by Gasteiger charge is -2.18. The van der Waals surface area contributed by atoms with E-state index in [0.717, 1.165) is 22.1 Å². The van der Waals surface area contributed by atoms with Crippen molar-refractivity contribution < 1.29 is 14.3 Å². The molecule has 0 bridgehead atoms. The highest BCUT2D eigenvalue weighted by molar-refractivity contribution is 6.27. The summed E-state index contributed by atoms with van der Waals surface area (Å²) in [6, 6.07) is 13.1. The Labute approximate surface area is 219 Å². The van der Waals surface area contributed by atoms with Gasteiger partial charge < -0.3 is 25.0 Å². The third-order valence-corrected chi connectivity index (χ3v) is 5.58. The maximum absolute atomic E-state index is 12.3. The van der Waals surface area contributed by atoms with E-state index in [1.807, 2.05) is 56.4 Å². The van der Waals surface area contributed by atoms with Crippen LogP contribution >= 0.6 is 11.6 Å². The maximum Gasteiger partial charge on any atom is 0.249 e. The zero-order valence-corrected chi connectivity index (χ0v) is 21.8. The molecule has 0 aliphatic heterocycles. The number of fused-ring (bicyclic) bond motifs is 1. The van der Waals surface area contributed by atoms with E-state index in [0.29, 0.717) is 47.7 Å². The monoisotopic (exact) mass is 521 g/mol. The lowest BCUT2D eigenvalue weighted by atomic mass is 10.1. The van der Waals surface area contributed by atoms with Crippen LogP contribution in [0.4, 0.5) is 17.3 Å². The number of halogens is 1. The van der Waals surface area contributed by atoms with Gasteiger partial charge in [-0.3, -0.25) is 9.48 Å². The number of nitrogens with zero attached hydrogens (tertiary/aromatic N) is 5. The largest absolute Gasteiger partial charge is 0.494 e. The van der Waals surface area contributed by atoms with Gasteiger partial charge in [-0.15, -0.1) is 0 Å². The van der Waals surface area contributed by atoms with Gasteiger partial charge >= 0.3 is 0 Å². The molecule has 2 heterocycles. The standard InChI is InChI=1S/C26H28ClN7O3/c1-33(2)13-14-37-23-16-22(36-4)20(15-21(23)29-24(35)9-11-27)31-26-28-12-10-19(30-26)25-17-7-5-6-8-18(17)32-34(25)3/h5-12,15-16H,13-14H2,1-4H3,(H,29,35)(H,28,30,31)/b11-9+. The molecule has 0 aliphatic rings. The van der Waals surface area contributed by atoms with Crippen LogP contribution in [0.3, 0.4) is 0 Å². The molecule has 2 N–H and O–H groups in total. The second kappa shape index (κ2) is 11.7. The van der Waals surface area contributed by atoms with Gasteiger partial charge in [0.05, 0.1) is 35.4 Å². The van der Waals surface area contributed by atoms with Crippen LogP contribution in [0.25, 0.3) is 22.3 Å². The van der Waals surface area contributed by atoms with Crippen molar-refractivity contribution in [2.75, 3.05) is 45.0 Å². The predicted octanol–water partition coefficient (Wildman–Crippen LogP) is 4.41. The van der Waals surface area contributed by atoms with Gasteiger partial charge in [-0.1, -0.05) is 29.8 Å². The molecule has 0 radical (unpaired) electrons. The molecule has 4 rings (SSSR count). The molecular weight excluding hydrogens is 494 g/mol. The van der Waals surface area contributed by atoms with Crippen molar-refractivity contribution in [2.45, 2.75) is 0 Å². The van der Waals surface area contributed by atoms with Gasteiger partial charge in [0.1, 0.15) is 18.1 Å². The Balaban J connectivity index is 1.69. The number of aromatic nitrogens is 4. The zero-order valence-electron chi connectivity index (χ0n) is 21.0. The van der Waals surface area contributed by atoms with Gasteiger partial charge in [0.15, 0.2) is 0 Å². The molecular formula is C26H28ClN7O3. The van der Waals surface area contributed by atoms with Crippen molar-refractivity contribution >= 4 is 45.7 Å². The summed E-state index contributed by atoms with van der Waals surface area (Å²) in [7, 11) is 7.34. The molecule has 10 nitrogen and oxygen atoms in total. The van der Waals surface area contributed by atoms with Crippen molar-refractivity contribution in [1.29, 1.82) is 0 Å². The third-order valence-electron chi connectivity index (χ3n) is 5.46. The van der Waals surface area contributed by atoms with E-state index in [1.165, 1.54) is 6.08 Å². The van der Waals surface area contributed by atoms with Crippen LogP contribution in [-0.4, -0.2) is 64.9 Å². The lowest BCUT2D eigenvalue weighted by molar-refractivity contribution is -0.111. The van der Waals surface area contributed by atoms with Crippen LogP contribution in [-0.2, 0) is 11.8 Å². The quantitative estimate of drug-likeness (QED) is 0.295. The molecule has 192 valence electrons. The molecule has 0 saturated carbocycles. The number of anilines is 3. The summed E-state index contributed by atoms with van der Waals surface area (Å²) in [4.78, 5) is 23.4. The van der Waals surface area contributed by atoms with Gasteiger partial charge in [0.2, 0.25) is 11.9 Å². The smallest absolute Gasteiger partial charge is 0.249 e. The number of methoxy groups -OCH3 is 1. The topological polar surface area (TPSA) is 106 Å². The summed E-state index contributed by atoms with van der Waals surface area (Å²) in [5.74, 6) is 0.896. The Morgan fingerprint density at radius 3 is 2.73 bits per heavy atom. The molecule has 2 aromatic heterocycles. The number of hydrogen-bond donors (Lipinski definition) is 2. The zero-order chi connectivity index (χ0) is 26.4. The van der Waals surface area contributed by atoms with Gasteiger partial charge in [-0.2, -0.15) is 5.10 Å². The van der Waals surface area contributed by atoms with Crippen LogP contribution in [0.15, 0.2) is 60.3 Å². The normalized spacial score (nSPS) is 11.3. The number of rotatable bonds is 10. The Hall–Kier alpha value is -4.15. The first-order valence-corrected chi connectivity index (χ1v) is 11.9. The van der Waals surface area contributed by atoms with Crippen LogP contribution < -0.4 is 20.1 Å². The first-order valence-electron chi connectivity index (χ1n) is 11.5. The molecule has 0 fully saturated rings. The number of carbonyl (C=O) groups is 1. The third kappa shape index (κ3) is 6.16. The summed E-state index contributed by atoms with van der Waals surface area (Å²) < 4.78 is 13.3. The van der Waals surface area contributed by atoms with Gasteiger partial charge in [0.25, 0.3) is 0 Å². The first kappa shape index (κ1) is 25.9. The minimum atomic E-state index is -0.398. The minimum absolute atomic E-state index is 0.347. The Morgan fingerprint density at radius 1 is 1.16 bits per heavy atom. The van der Waals surface area contributed by atoms with E-state index in [1.54, 1.807) is 30.1 Å². The number of nitrogens with one attached hydrogen (secondary N) is 2. The molecule has 37 heavy (non-hydrogen) atoms. The lowest BCUT2D eigenvalue weighted by Crippen LogP contribution is -2.20. The fourth-order valence-corrected chi connectivity index (χ4v) is 3.85. The fourth-order valence-electron chi connectivity index (χ4n) is 3.74. The highest BCUT2D eigenvalue weighted by atomic mass is 35.5. The van der Waals surface area contributed by atoms with Crippen molar-refractivity contribution in [3.05, 3.63) is 60.3 Å². The number of amides is 1. The molecule has 0 atom stereocenters. The Bertz CT molecular complexity index is 1440. The highest BCUT2D eigenvalue weighted by Gasteiger charge is 2.17. The van der Waals surface area contributed by atoms with Crippen LogP contribution in [0, 0.1) is 0 Å². The first-order chi connectivity index (χ1) is 17.9. The van der Waals surface area contributed by atoms with Crippen molar-refractivity contribution in [3.8, 4) is 22.9 Å². The number of hydrogen-bond acceptors (Lipinski definition) is 8. The Kier molecular flexibility index (Phi) is 8.22. The summed E-state index contributed by atoms with van der Waals surface area (Å²) in [5, 5.41) is 11.6. The molecule has 1 amide bonds. The number of likely N-dealkylation sites (N-methyl/N-ethyl adjacent to an activating group) is 1. The van der Waals surface area contributed by atoms with Crippen molar-refractivity contribution in [3.63, 3.8) is 0 Å².